The van der Waals surface area contributed by atoms with Gasteiger partial charge in [0.25, 0.3) is 0 Å². The Hall–Kier alpha value is -0.980. The van der Waals surface area contributed by atoms with E-state index in [1.807, 2.05) is 0 Å². The Morgan fingerprint density at radius 1 is 0.824 bits per heavy atom. The number of ether oxygens (including phenoxy) is 1. The fourth-order valence-electron chi connectivity index (χ4n) is 2.09. The van der Waals surface area contributed by atoms with Crippen molar-refractivity contribution >= 4 is 0 Å². The third kappa shape index (κ3) is 6.35. The van der Waals surface area contributed by atoms with Gasteiger partial charge in [0.1, 0.15) is 5.75 Å². The van der Waals surface area contributed by atoms with Gasteiger partial charge in [-0.05, 0) is 43.5 Å². The molecule has 1 heteroatoms. The lowest BCUT2D eigenvalue weighted by molar-refractivity contribution is 0.304. The van der Waals surface area contributed by atoms with Gasteiger partial charge in [-0.2, -0.15) is 0 Å². The van der Waals surface area contributed by atoms with Crippen molar-refractivity contribution < 1.29 is 4.74 Å². The van der Waals surface area contributed by atoms with Gasteiger partial charge in [-0.15, -0.1) is 0 Å². The molecule has 0 saturated carbocycles. The Labute approximate surface area is 106 Å². The molecule has 0 amide bonds. The van der Waals surface area contributed by atoms with Crippen LogP contribution in [0.1, 0.15) is 56.6 Å². The van der Waals surface area contributed by atoms with Gasteiger partial charge in [-0.25, -0.2) is 0 Å². The topological polar surface area (TPSA) is 9.23 Å². The summed E-state index contributed by atoms with van der Waals surface area (Å²) in [6, 6.07) is 6.41. The highest BCUT2D eigenvalue weighted by Gasteiger charge is 1.97. The van der Waals surface area contributed by atoms with Crippen molar-refractivity contribution in [3.8, 4) is 5.75 Å². The van der Waals surface area contributed by atoms with Gasteiger partial charge in [0.15, 0.2) is 0 Å². The number of benzene rings is 1. The lowest BCUT2D eigenvalue weighted by Gasteiger charge is -2.08. The first-order chi connectivity index (χ1) is 8.22. The first-order valence-electron chi connectivity index (χ1n) is 6.93. The van der Waals surface area contributed by atoms with Gasteiger partial charge in [0.2, 0.25) is 0 Å². The summed E-state index contributed by atoms with van der Waals surface area (Å²) in [7, 11) is 0. The molecule has 0 aliphatic rings. The first kappa shape index (κ1) is 14.1. The van der Waals surface area contributed by atoms with Gasteiger partial charge in [-0.1, -0.05) is 45.1 Å². The second-order valence-corrected chi connectivity index (χ2v) is 4.94. The lowest BCUT2D eigenvalue weighted by atomic mass is 10.1. The number of hydrogen-bond donors (Lipinski definition) is 0. The molecule has 0 fully saturated rings. The summed E-state index contributed by atoms with van der Waals surface area (Å²) >= 11 is 0. The van der Waals surface area contributed by atoms with Crippen LogP contribution in [0.5, 0.6) is 5.75 Å². The van der Waals surface area contributed by atoms with E-state index >= 15 is 0 Å². The van der Waals surface area contributed by atoms with E-state index in [4.69, 9.17) is 4.74 Å². The molecular formula is C16H26O. The zero-order valence-electron chi connectivity index (χ0n) is 11.6. The molecule has 0 aromatic heterocycles. The molecule has 17 heavy (non-hydrogen) atoms. The maximum Gasteiger partial charge on any atom is 0.119 e. The molecule has 1 aromatic carbocycles. The molecule has 0 aliphatic heterocycles. The van der Waals surface area contributed by atoms with Gasteiger partial charge in [-0.3, -0.25) is 0 Å². The summed E-state index contributed by atoms with van der Waals surface area (Å²) in [6.45, 7) is 7.34. The van der Waals surface area contributed by atoms with E-state index in [0.717, 1.165) is 12.4 Å². The Morgan fingerprint density at radius 2 is 1.41 bits per heavy atom. The van der Waals surface area contributed by atoms with Crippen LogP contribution in [0, 0.1) is 13.8 Å². The predicted octanol–water partition coefficient (Wildman–Crippen LogP) is 5.04. The summed E-state index contributed by atoms with van der Waals surface area (Å²) in [6.07, 6.45) is 7.89. The lowest BCUT2D eigenvalue weighted by Crippen LogP contribution is -1.98. The van der Waals surface area contributed by atoms with Crippen LogP contribution in [-0.2, 0) is 0 Å². The zero-order valence-corrected chi connectivity index (χ0v) is 11.6. The predicted molar refractivity (Wildman–Crippen MR) is 74.8 cm³/mol. The van der Waals surface area contributed by atoms with Crippen LogP contribution in [0.2, 0.25) is 0 Å². The van der Waals surface area contributed by atoms with Crippen molar-refractivity contribution in [2.75, 3.05) is 6.61 Å². The van der Waals surface area contributed by atoms with Crippen LogP contribution in [0.25, 0.3) is 0 Å². The number of hydrogen-bond acceptors (Lipinski definition) is 1. The Morgan fingerprint density at radius 3 is 2.06 bits per heavy atom. The molecule has 0 radical (unpaired) electrons. The van der Waals surface area contributed by atoms with Crippen molar-refractivity contribution in [2.24, 2.45) is 0 Å². The Kier molecular flexibility index (Phi) is 6.76. The minimum absolute atomic E-state index is 0.856. The first-order valence-corrected chi connectivity index (χ1v) is 6.93. The quantitative estimate of drug-likeness (QED) is 0.572. The normalized spacial score (nSPS) is 10.5. The van der Waals surface area contributed by atoms with E-state index in [9.17, 15) is 0 Å². The molecule has 0 unspecified atom stereocenters. The average molecular weight is 234 g/mol. The summed E-state index contributed by atoms with van der Waals surface area (Å²) < 4.78 is 5.77. The summed E-state index contributed by atoms with van der Waals surface area (Å²) in [5, 5.41) is 0. The summed E-state index contributed by atoms with van der Waals surface area (Å²) in [5.74, 6) is 1.02. The zero-order chi connectivity index (χ0) is 12.5. The van der Waals surface area contributed by atoms with Crippen LogP contribution >= 0.6 is 0 Å². The molecule has 0 atom stereocenters. The third-order valence-electron chi connectivity index (χ3n) is 2.96. The third-order valence-corrected chi connectivity index (χ3v) is 2.96. The number of aryl methyl sites for hydroxylation is 2. The molecule has 0 heterocycles. The Bertz CT molecular complexity index is 297. The van der Waals surface area contributed by atoms with Crippen molar-refractivity contribution in [2.45, 2.75) is 59.3 Å². The SMILES string of the molecule is CCCCCCCCOc1cc(C)cc(C)c1. The van der Waals surface area contributed by atoms with E-state index < -0.39 is 0 Å². The van der Waals surface area contributed by atoms with Crippen molar-refractivity contribution in [1.82, 2.24) is 0 Å². The highest BCUT2D eigenvalue weighted by molar-refractivity contribution is 5.32. The van der Waals surface area contributed by atoms with Crippen LogP contribution in [-0.4, -0.2) is 6.61 Å². The largest absolute Gasteiger partial charge is 0.494 e. The van der Waals surface area contributed by atoms with Gasteiger partial charge < -0.3 is 4.74 Å². The van der Waals surface area contributed by atoms with Gasteiger partial charge in [0.05, 0.1) is 6.61 Å². The van der Waals surface area contributed by atoms with E-state index in [-0.39, 0.29) is 0 Å². The average Bonchev–Trinajstić information content (AvgIpc) is 2.26. The maximum absolute atomic E-state index is 5.77. The van der Waals surface area contributed by atoms with E-state index in [1.165, 1.54) is 49.7 Å². The highest BCUT2D eigenvalue weighted by Crippen LogP contribution is 2.16. The standard InChI is InChI=1S/C16H26O/c1-4-5-6-7-8-9-10-17-16-12-14(2)11-15(3)13-16/h11-13H,4-10H2,1-3H3. The molecule has 1 rings (SSSR count). The van der Waals surface area contributed by atoms with Crippen LogP contribution in [0.3, 0.4) is 0 Å². The highest BCUT2D eigenvalue weighted by atomic mass is 16.5. The second-order valence-electron chi connectivity index (χ2n) is 4.94. The van der Waals surface area contributed by atoms with Crippen LogP contribution in [0.4, 0.5) is 0 Å². The molecule has 0 spiro atoms. The maximum atomic E-state index is 5.77. The van der Waals surface area contributed by atoms with Gasteiger partial charge >= 0.3 is 0 Å². The number of unbranched alkanes of at least 4 members (excludes halogenated alkanes) is 5. The molecule has 1 aromatic rings. The molecule has 0 N–H and O–H groups in total. The van der Waals surface area contributed by atoms with Gasteiger partial charge in [0, 0.05) is 0 Å². The number of rotatable bonds is 8. The Balaban J connectivity index is 2.13. The van der Waals surface area contributed by atoms with E-state index in [2.05, 4.69) is 39.0 Å². The molecule has 96 valence electrons. The van der Waals surface area contributed by atoms with E-state index in [0.29, 0.717) is 0 Å². The smallest absolute Gasteiger partial charge is 0.119 e. The summed E-state index contributed by atoms with van der Waals surface area (Å²) in [5.41, 5.74) is 2.56. The molecular weight excluding hydrogens is 208 g/mol. The minimum atomic E-state index is 0.856. The second kappa shape index (κ2) is 8.16. The molecule has 1 nitrogen and oxygen atoms in total. The monoisotopic (exact) mass is 234 g/mol. The van der Waals surface area contributed by atoms with E-state index in [1.54, 1.807) is 0 Å². The summed E-state index contributed by atoms with van der Waals surface area (Å²) in [4.78, 5) is 0. The van der Waals surface area contributed by atoms with Crippen LogP contribution < -0.4 is 4.74 Å². The molecule has 0 bridgehead atoms. The molecule has 0 saturated heterocycles. The fourth-order valence-corrected chi connectivity index (χ4v) is 2.09. The fraction of sp³-hybridized carbons (Fsp3) is 0.625. The minimum Gasteiger partial charge on any atom is -0.494 e. The van der Waals surface area contributed by atoms with Crippen LogP contribution in [0.15, 0.2) is 18.2 Å². The van der Waals surface area contributed by atoms with Crippen molar-refractivity contribution in [3.05, 3.63) is 29.3 Å². The van der Waals surface area contributed by atoms with Crippen molar-refractivity contribution in [3.63, 3.8) is 0 Å². The van der Waals surface area contributed by atoms with Crippen molar-refractivity contribution in [1.29, 1.82) is 0 Å². The molecule has 0 aliphatic carbocycles.